The van der Waals surface area contributed by atoms with Crippen LogP contribution in [-0.2, 0) is 4.79 Å². The van der Waals surface area contributed by atoms with Crippen molar-refractivity contribution in [2.45, 2.75) is 0 Å². The lowest BCUT2D eigenvalue weighted by atomic mass is 10.1. The monoisotopic (exact) mass is 318 g/mol. The maximum Gasteiger partial charge on any atom is 0.170 e. The van der Waals surface area contributed by atoms with Gasteiger partial charge in [-0.1, -0.05) is 0 Å². The summed E-state index contributed by atoms with van der Waals surface area (Å²) in [5.41, 5.74) is 0.770. The largest absolute Gasteiger partial charge is 0.497 e. The second-order valence-corrected chi connectivity index (χ2v) is 4.28. The van der Waals surface area contributed by atoms with Crippen LogP contribution in [0.1, 0.15) is 5.56 Å². The first-order valence-electron chi connectivity index (χ1n) is 4.80. The van der Waals surface area contributed by atoms with Crippen LogP contribution in [0.15, 0.2) is 22.7 Å². The lowest BCUT2D eigenvalue weighted by molar-refractivity contribution is -0.112. The predicted octanol–water partition coefficient (Wildman–Crippen LogP) is 3.29. The third-order valence-corrected chi connectivity index (χ3v) is 3.01. The molecule has 0 saturated heterocycles. The number of ketones is 1. The van der Waals surface area contributed by atoms with Crippen LogP contribution in [-0.4, -0.2) is 25.9 Å². The predicted molar refractivity (Wildman–Crippen MR) is 72.0 cm³/mol. The fourth-order valence-corrected chi connectivity index (χ4v) is 1.88. The molecule has 0 unspecified atom stereocenters. The Labute approximate surface area is 113 Å². The Hall–Kier alpha value is -1.00. The summed E-state index contributed by atoms with van der Waals surface area (Å²) in [6.07, 6.45) is 3.08. The van der Waals surface area contributed by atoms with E-state index in [0.717, 1.165) is 10.0 Å². The van der Waals surface area contributed by atoms with Gasteiger partial charge in [0.05, 0.1) is 20.1 Å². The van der Waals surface area contributed by atoms with Crippen molar-refractivity contribution in [1.82, 2.24) is 0 Å². The Morgan fingerprint density at radius 2 is 2.12 bits per heavy atom. The highest BCUT2D eigenvalue weighted by Crippen LogP contribution is 2.33. The van der Waals surface area contributed by atoms with Crippen LogP contribution in [0.5, 0.6) is 11.5 Å². The highest BCUT2D eigenvalue weighted by Gasteiger charge is 2.08. The van der Waals surface area contributed by atoms with Gasteiger partial charge in [-0.05, 0) is 34.1 Å². The van der Waals surface area contributed by atoms with E-state index in [4.69, 9.17) is 21.1 Å². The number of rotatable bonds is 5. The number of alkyl halides is 1. The molecule has 0 aromatic heterocycles. The Balaban J connectivity index is 3.14. The molecule has 0 aliphatic heterocycles. The van der Waals surface area contributed by atoms with E-state index >= 15 is 0 Å². The molecule has 0 spiro atoms. The third kappa shape index (κ3) is 3.75. The molecule has 0 radical (unpaired) electrons. The molecule has 0 atom stereocenters. The van der Waals surface area contributed by atoms with Gasteiger partial charge >= 0.3 is 0 Å². The summed E-state index contributed by atoms with van der Waals surface area (Å²) >= 11 is 8.81. The molecule has 0 aliphatic carbocycles. The second-order valence-electron chi connectivity index (χ2n) is 3.16. The van der Waals surface area contributed by atoms with Crippen molar-refractivity contribution in [2.75, 3.05) is 20.1 Å². The molecule has 0 bridgehead atoms. The van der Waals surface area contributed by atoms with Crippen molar-refractivity contribution < 1.29 is 14.3 Å². The van der Waals surface area contributed by atoms with Crippen molar-refractivity contribution in [3.63, 3.8) is 0 Å². The molecule has 0 amide bonds. The molecule has 92 valence electrons. The lowest BCUT2D eigenvalue weighted by Crippen LogP contribution is -1.94. The summed E-state index contributed by atoms with van der Waals surface area (Å²) in [6.45, 7) is 0. The number of methoxy groups -OCH3 is 2. The zero-order valence-corrected chi connectivity index (χ0v) is 11.8. The van der Waals surface area contributed by atoms with Crippen LogP contribution >= 0.6 is 27.5 Å². The Bertz CT molecular complexity index is 444. The molecule has 0 heterocycles. The first kappa shape index (κ1) is 14.1. The highest BCUT2D eigenvalue weighted by molar-refractivity contribution is 9.10. The van der Waals surface area contributed by atoms with Gasteiger partial charge in [0, 0.05) is 16.1 Å². The van der Waals surface area contributed by atoms with Gasteiger partial charge in [0.1, 0.15) is 11.5 Å². The van der Waals surface area contributed by atoms with Crippen LogP contribution in [0.25, 0.3) is 6.08 Å². The molecular formula is C12H12BrClO3. The smallest absolute Gasteiger partial charge is 0.170 e. The quantitative estimate of drug-likeness (QED) is 0.617. The van der Waals surface area contributed by atoms with E-state index in [1.165, 1.54) is 6.08 Å². The van der Waals surface area contributed by atoms with Crippen molar-refractivity contribution in [3.8, 4) is 11.5 Å². The summed E-state index contributed by atoms with van der Waals surface area (Å²) in [5, 5.41) is 0. The fourth-order valence-electron chi connectivity index (χ4n) is 1.24. The van der Waals surface area contributed by atoms with Crippen molar-refractivity contribution in [2.24, 2.45) is 0 Å². The number of hydrogen-bond acceptors (Lipinski definition) is 3. The van der Waals surface area contributed by atoms with E-state index < -0.39 is 0 Å². The first-order chi connectivity index (χ1) is 8.12. The van der Waals surface area contributed by atoms with E-state index in [2.05, 4.69) is 15.9 Å². The molecule has 0 N–H and O–H groups in total. The van der Waals surface area contributed by atoms with Crippen LogP contribution in [0.3, 0.4) is 0 Å². The highest BCUT2D eigenvalue weighted by atomic mass is 79.9. The molecule has 1 rings (SSSR count). The molecule has 1 aromatic carbocycles. The van der Waals surface area contributed by atoms with E-state index in [-0.39, 0.29) is 11.7 Å². The third-order valence-electron chi connectivity index (χ3n) is 2.09. The first-order valence-corrected chi connectivity index (χ1v) is 6.13. The minimum absolute atomic E-state index is 0.0351. The zero-order valence-electron chi connectivity index (χ0n) is 9.50. The van der Waals surface area contributed by atoms with E-state index in [1.54, 1.807) is 32.4 Å². The summed E-state index contributed by atoms with van der Waals surface area (Å²) < 4.78 is 11.1. The van der Waals surface area contributed by atoms with Crippen LogP contribution in [0.4, 0.5) is 0 Å². The summed E-state index contributed by atoms with van der Waals surface area (Å²) in [4.78, 5) is 11.1. The summed E-state index contributed by atoms with van der Waals surface area (Å²) in [7, 11) is 3.13. The van der Waals surface area contributed by atoms with E-state index in [0.29, 0.717) is 11.5 Å². The minimum Gasteiger partial charge on any atom is -0.497 e. The topological polar surface area (TPSA) is 35.5 Å². The zero-order chi connectivity index (χ0) is 12.8. The number of hydrogen-bond donors (Lipinski definition) is 0. The molecule has 17 heavy (non-hydrogen) atoms. The maximum absolute atomic E-state index is 11.1. The number of ether oxygens (including phenoxy) is 2. The molecule has 1 aromatic rings. The lowest BCUT2D eigenvalue weighted by Gasteiger charge is -2.09. The average Bonchev–Trinajstić information content (AvgIpc) is 2.35. The number of allylic oxidation sites excluding steroid dienone is 1. The van der Waals surface area contributed by atoms with Gasteiger partial charge in [-0.3, -0.25) is 4.79 Å². The second kappa shape index (κ2) is 6.67. The summed E-state index contributed by atoms with van der Waals surface area (Å²) in [6, 6.07) is 3.54. The van der Waals surface area contributed by atoms with Gasteiger partial charge in [-0.25, -0.2) is 0 Å². The van der Waals surface area contributed by atoms with Crippen LogP contribution in [0, 0.1) is 0 Å². The Morgan fingerprint density at radius 1 is 1.41 bits per heavy atom. The van der Waals surface area contributed by atoms with Crippen molar-refractivity contribution in [3.05, 3.63) is 28.2 Å². The number of benzene rings is 1. The van der Waals surface area contributed by atoms with Gasteiger partial charge < -0.3 is 9.47 Å². The van der Waals surface area contributed by atoms with E-state index in [1.807, 2.05) is 0 Å². The minimum atomic E-state index is -0.156. The van der Waals surface area contributed by atoms with Gasteiger partial charge in [0.25, 0.3) is 0 Å². The normalized spacial score (nSPS) is 10.6. The Morgan fingerprint density at radius 3 is 2.65 bits per heavy atom. The Kier molecular flexibility index (Phi) is 5.51. The average molecular weight is 320 g/mol. The van der Waals surface area contributed by atoms with Gasteiger partial charge in [0.15, 0.2) is 5.78 Å². The summed E-state index contributed by atoms with van der Waals surface area (Å²) in [5.74, 6) is 1.10. The molecule has 0 saturated carbocycles. The number of halogens is 2. The maximum atomic E-state index is 11.1. The number of carbonyl (C=O) groups is 1. The standard InChI is InChI=1S/C12H12BrClO3/c1-16-9-5-11(13)10(12(6-9)17-2)4-3-8(15)7-14/h3-6H,7H2,1-2H3. The van der Waals surface area contributed by atoms with Crippen molar-refractivity contribution in [1.29, 1.82) is 0 Å². The van der Waals surface area contributed by atoms with E-state index in [9.17, 15) is 4.79 Å². The van der Waals surface area contributed by atoms with Crippen LogP contribution in [0.2, 0.25) is 0 Å². The van der Waals surface area contributed by atoms with Gasteiger partial charge in [-0.2, -0.15) is 0 Å². The van der Waals surface area contributed by atoms with Gasteiger partial charge in [-0.15, -0.1) is 11.6 Å². The molecule has 0 aliphatic rings. The molecule has 3 nitrogen and oxygen atoms in total. The van der Waals surface area contributed by atoms with Crippen molar-refractivity contribution >= 4 is 39.4 Å². The molecule has 5 heteroatoms. The fraction of sp³-hybridized carbons (Fsp3) is 0.250. The van der Waals surface area contributed by atoms with Crippen LogP contribution < -0.4 is 9.47 Å². The number of carbonyl (C=O) groups excluding carboxylic acids is 1. The molecular weight excluding hydrogens is 307 g/mol. The molecule has 0 fully saturated rings. The van der Waals surface area contributed by atoms with Gasteiger partial charge in [0.2, 0.25) is 0 Å². The SMILES string of the molecule is COc1cc(Br)c(C=CC(=O)CCl)c(OC)c1.